The normalized spacial score (nSPS) is 10.8. The summed E-state index contributed by atoms with van der Waals surface area (Å²) in [6.45, 7) is 6.21. The number of allylic oxidation sites excluding steroid dienone is 1. The van der Waals surface area contributed by atoms with E-state index in [1.807, 2.05) is 29.7 Å². The Hall–Kier alpha value is -2.58. The quantitative estimate of drug-likeness (QED) is 0.483. The summed E-state index contributed by atoms with van der Waals surface area (Å²) in [5.41, 5.74) is 1.74. The van der Waals surface area contributed by atoms with Gasteiger partial charge in [-0.2, -0.15) is 5.10 Å². The first kappa shape index (κ1) is 19.2. The predicted molar refractivity (Wildman–Crippen MR) is 108 cm³/mol. The van der Waals surface area contributed by atoms with Crippen molar-refractivity contribution < 1.29 is 4.79 Å². The summed E-state index contributed by atoms with van der Waals surface area (Å²) in [4.78, 5) is 12.3. The lowest BCUT2D eigenvalue weighted by Gasteiger charge is -2.08. The fourth-order valence-corrected chi connectivity index (χ4v) is 3.41. The van der Waals surface area contributed by atoms with Crippen molar-refractivity contribution in [3.05, 3.63) is 53.7 Å². The van der Waals surface area contributed by atoms with Crippen LogP contribution in [0.25, 0.3) is 11.4 Å². The smallest absolute Gasteiger partial charge is 0.235 e. The molecule has 0 bridgehead atoms. The van der Waals surface area contributed by atoms with Crippen LogP contribution in [0.15, 0.2) is 48.1 Å². The van der Waals surface area contributed by atoms with Gasteiger partial charge in [0.1, 0.15) is 5.82 Å². The van der Waals surface area contributed by atoms with Gasteiger partial charge < -0.3 is 5.32 Å². The van der Waals surface area contributed by atoms with Crippen molar-refractivity contribution in [2.45, 2.75) is 18.6 Å². The number of aromatic nitrogens is 5. The topological polar surface area (TPSA) is 77.6 Å². The Morgan fingerprint density at radius 3 is 2.70 bits per heavy atom. The number of rotatable bonds is 7. The molecule has 2 aromatic heterocycles. The minimum absolute atomic E-state index is 0.135. The van der Waals surface area contributed by atoms with Crippen LogP contribution >= 0.6 is 23.4 Å². The summed E-state index contributed by atoms with van der Waals surface area (Å²) >= 11 is 7.27. The second-order valence-electron chi connectivity index (χ2n) is 5.84. The molecule has 0 radical (unpaired) electrons. The number of nitrogens with zero attached hydrogens (tertiary/aromatic N) is 5. The molecule has 0 aliphatic rings. The summed E-state index contributed by atoms with van der Waals surface area (Å²) < 4.78 is 3.55. The molecule has 140 valence electrons. The van der Waals surface area contributed by atoms with E-state index in [1.165, 1.54) is 11.8 Å². The number of halogens is 1. The summed E-state index contributed by atoms with van der Waals surface area (Å²) in [5.74, 6) is 1.44. The van der Waals surface area contributed by atoms with Gasteiger partial charge in [-0.25, -0.2) is 0 Å². The van der Waals surface area contributed by atoms with Gasteiger partial charge >= 0.3 is 0 Å². The van der Waals surface area contributed by atoms with E-state index in [1.54, 1.807) is 29.9 Å². The maximum atomic E-state index is 12.3. The Morgan fingerprint density at radius 2 is 2.07 bits per heavy atom. The average molecular weight is 403 g/mol. The fraction of sp³-hybridized carbons (Fsp3) is 0.222. The highest BCUT2D eigenvalue weighted by Crippen LogP contribution is 2.25. The SMILES string of the molecule is C=CCn1c(SCC(=O)Nc2cc(C)nn2C)nnc1-c1ccc(Cl)cc1. The Bertz CT molecular complexity index is 963. The van der Waals surface area contributed by atoms with Gasteiger partial charge in [-0.3, -0.25) is 14.0 Å². The van der Waals surface area contributed by atoms with Crippen LogP contribution in [0.1, 0.15) is 5.69 Å². The van der Waals surface area contributed by atoms with E-state index in [-0.39, 0.29) is 11.7 Å². The molecule has 27 heavy (non-hydrogen) atoms. The minimum Gasteiger partial charge on any atom is -0.310 e. The third kappa shape index (κ3) is 4.58. The van der Waals surface area contributed by atoms with Gasteiger partial charge in [0, 0.05) is 30.2 Å². The zero-order valence-electron chi connectivity index (χ0n) is 15.0. The zero-order chi connectivity index (χ0) is 19.4. The van der Waals surface area contributed by atoms with E-state index in [0.717, 1.165) is 11.3 Å². The van der Waals surface area contributed by atoms with Gasteiger partial charge in [0.15, 0.2) is 11.0 Å². The molecule has 2 heterocycles. The van der Waals surface area contributed by atoms with Crippen molar-refractivity contribution in [2.75, 3.05) is 11.1 Å². The molecule has 0 fully saturated rings. The summed E-state index contributed by atoms with van der Waals surface area (Å²) in [6.07, 6.45) is 1.77. The largest absolute Gasteiger partial charge is 0.310 e. The molecular formula is C18H19ClN6OS. The zero-order valence-corrected chi connectivity index (χ0v) is 16.6. The number of nitrogens with one attached hydrogen (secondary N) is 1. The number of thioether (sulfide) groups is 1. The lowest BCUT2D eigenvalue weighted by atomic mass is 10.2. The average Bonchev–Trinajstić information content (AvgIpc) is 3.17. The number of hydrogen-bond donors (Lipinski definition) is 1. The van der Waals surface area contributed by atoms with Crippen LogP contribution in [0.4, 0.5) is 5.82 Å². The summed E-state index contributed by atoms with van der Waals surface area (Å²) in [6, 6.07) is 9.21. The molecule has 0 spiro atoms. The van der Waals surface area contributed by atoms with Crippen LogP contribution in [0.2, 0.25) is 5.02 Å². The standard InChI is InChI=1S/C18H19ClN6OS/c1-4-9-25-17(13-5-7-14(19)8-6-13)21-22-18(25)27-11-16(26)20-15-10-12(2)23-24(15)3/h4-8,10H,1,9,11H2,2-3H3,(H,20,26). The molecule has 0 aliphatic heterocycles. The number of amides is 1. The number of carbonyl (C=O) groups excluding carboxylic acids is 1. The van der Waals surface area contributed by atoms with Gasteiger partial charge in [0.25, 0.3) is 0 Å². The molecule has 1 amide bonds. The first-order chi connectivity index (χ1) is 13.0. The monoisotopic (exact) mass is 402 g/mol. The predicted octanol–water partition coefficient (Wildman–Crippen LogP) is 3.56. The second-order valence-corrected chi connectivity index (χ2v) is 7.22. The van der Waals surface area contributed by atoms with Gasteiger partial charge in [-0.05, 0) is 31.2 Å². The van der Waals surface area contributed by atoms with Crippen molar-refractivity contribution in [2.24, 2.45) is 7.05 Å². The molecule has 0 aliphatic carbocycles. The molecule has 0 saturated carbocycles. The van der Waals surface area contributed by atoms with E-state index in [4.69, 9.17) is 11.6 Å². The van der Waals surface area contributed by atoms with E-state index in [0.29, 0.717) is 28.4 Å². The van der Waals surface area contributed by atoms with Crippen LogP contribution in [-0.4, -0.2) is 36.2 Å². The summed E-state index contributed by atoms with van der Waals surface area (Å²) in [7, 11) is 1.79. The maximum absolute atomic E-state index is 12.3. The molecule has 0 atom stereocenters. The van der Waals surface area contributed by atoms with Crippen LogP contribution in [-0.2, 0) is 18.4 Å². The highest BCUT2D eigenvalue weighted by atomic mass is 35.5. The highest BCUT2D eigenvalue weighted by molar-refractivity contribution is 7.99. The third-order valence-electron chi connectivity index (χ3n) is 3.73. The van der Waals surface area contributed by atoms with Crippen molar-refractivity contribution in [1.82, 2.24) is 24.5 Å². The van der Waals surface area contributed by atoms with Crippen molar-refractivity contribution in [3.63, 3.8) is 0 Å². The Balaban J connectivity index is 1.72. The van der Waals surface area contributed by atoms with Crippen LogP contribution in [0, 0.1) is 6.92 Å². The van der Waals surface area contributed by atoms with Gasteiger partial charge in [0.2, 0.25) is 5.91 Å². The van der Waals surface area contributed by atoms with E-state index in [9.17, 15) is 4.79 Å². The van der Waals surface area contributed by atoms with Gasteiger partial charge in [0.05, 0.1) is 11.4 Å². The molecule has 1 N–H and O–H groups in total. The lowest BCUT2D eigenvalue weighted by Crippen LogP contribution is -2.16. The highest BCUT2D eigenvalue weighted by Gasteiger charge is 2.15. The Labute approximate surface area is 166 Å². The van der Waals surface area contributed by atoms with Gasteiger partial charge in [-0.15, -0.1) is 16.8 Å². The number of aryl methyl sites for hydroxylation is 2. The number of anilines is 1. The Morgan fingerprint density at radius 1 is 1.33 bits per heavy atom. The molecule has 3 rings (SSSR count). The molecule has 3 aromatic rings. The lowest BCUT2D eigenvalue weighted by molar-refractivity contribution is -0.113. The van der Waals surface area contributed by atoms with E-state index < -0.39 is 0 Å². The second kappa shape index (κ2) is 8.41. The number of carbonyl (C=O) groups is 1. The van der Waals surface area contributed by atoms with E-state index >= 15 is 0 Å². The first-order valence-corrected chi connectivity index (χ1v) is 9.57. The van der Waals surface area contributed by atoms with Crippen LogP contribution < -0.4 is 5.32 Å². The molecule has 0 unspecified atom stereocenters. The van der Waals surface area contributed by atoms with Crippen molar-refractivity contribution in [3.8, 4) is 11.4 Å². The maximum Gasteiger partial charge on any atom is 0.235 e. The molecule has 1 aromatic carbocycles. The Kier molecular flexibility index (Phi) is 5.98. The third-order valence-corrected chi connectivity index (χ3v) is 4.95. The van der Waals surface area contributed by atoms with Crippen molar-refractivity contribution >= 4 is 35.1 Å². The molecule has 7 nitrogen and oxygen atoms in total. The van der Waals surface area contributed by atoms with Crippen molar-refractivity contribution in [1.29, 1.82) is 0 Å². The minimum atomic E-state index is -0.135. The molecule has 9 heteroatoms. The van der Waals surface area contributed by atoms with E-state index in [2.05, 4.69) is 27.2 Å². The summed E-state index contributed by atoms with van der Waals surface area (Å²) in [5, 5.41) is 16.9. The number of hydrogen-bond acceptors (Lipinski definition) is 5. The van der Waals surface area contributed by atoms with Gasteiger partial charge in [-0.1, -0.05) is 29.4 Å². The first-order valence-electron chi connectivity index (χ1n) is 8.21. The molecular weight excluding hydrogens is 384 g/mol. The van der Waals surface area contributed by atoms with Crippen LogP contribution in [0.5, 0.6) is 0 Å². The molecule has 0 saturated heterocycles. The number of benzene rings is 1. The fourth-order valence-electron chi connectivity index (χ4n) is 2.54. The van der Waals surface area contributed by atoms with Crippen LogP contribution in [0.3, 0.4) is 0 Å².